The van der Waals surface area contributed by atoms with Crippen molar-refractivity contribution in [2.45, 2.75) is 83.1 Å². The van der Waals surface area contributed by atoms with Gasteiger partial charge >= 0.3 is 0 Å². The lowest BCUT2D eigenvalue weighted by Gasteiger charge is -2.24. The van der Waals surface area contributed by atoms with Gasteiger partial charge in [0.25, 0.3) is 5.91 Å². The van der Waals surface area contributed by atoms with Gasteiger partial charge in [0, 0.05) is 44.3 Å². The second-order valence-electron chi connectivity index (χ2n) is 10.3. The van der Waals surface area contributed by atoms with E-state index in [1.807, 2.05) is 19.2 Å². The molecule has 2 aliphatic rings. The van der Waals surface area contributed by atoms with Gasteiger partial charge in [-0.15, -0.1) is 0 Å². The third-order valence-corrected chi connectivity index (χ3v) is 7.61. The molecule has 0 spiro atoms. The quantitative estimate of drug-likeness (QED) is 0.520. The van der Waals surface area contributed by atoms with Crippen LogP contribution in [0.4, 0.5) is 0 Å². The standard InChI is InChI=1S/C15H22N2O.C15H24N2/c1-16-15(18)13-9-7-12(8-10-13)11-17(2)14-5-3-4-6-14;1-16-11-13-7-9-14(10-8-13)12-17(2)15-5-3-4-6-15/h7-10,14H,3-6,11H2,1-2H3,(H,16,18);7-10,15-16H,3-6,11-12H2,1-2H3. The maximum atomic E-state index is 11.4. The molecule has 35 heavy (non-hydrogen) atoms. The Balaban J connectivity index is 0.000000196. The zero-order valence-electron chi connectivity index (χ0n) is 22.4. The summed E-state index contributed by atoms with van der Waals surface area (Å²) >= 11 is 0. The molecule has 0 atom stereocenters. The Hall–Kier alpha value is -2.21. The minimum atomic E-state index is -0.0225. The van der Waals surface area contributed by atoms with Crippen molar-refractivity contribution in [2.75, 3.05) is 28.2 Å². The highest BCUT2D eigenvalue weighted by molar-refractivity contribution is 5.93. The van der Waals surface area contributed by atoms with Gasteiger partial charge in [-0.1, -0.05) is 62.1 Å². The number of carbonyl (C=O) groups excluding carboxylic acids is 1. The van der Waals surface area contributed by atoms with E-state index in [1.165, 1.54) is 68.1 Å². The molecule has 0 heterocycles. The number of nitrogens with one attached hydrogen (secondary N) is 2. The van der Waals surface area contributed by atoms with E-state index in [-0.39, 0.29) is 5.91 Å². The van der Waals surface area contributed by atoms with Crippen LogP contribution in [0.3, 0.4) is 0 Å². The largest absolute Gasteiger partial charge is 0.355 e. The fraction of sp³-hybridized carbons (Fsp3) is 0.567. The van der Waals surface area contributed by atoms with Crippen molar-refractivity contribution in [3.8, 4) is 0 Å². The van der Waals surface area contributed by atoms with Gasteiger partial charge in [0.2, 0.25) is 0 Å². The Kier molecular flexibility index (Phi) is 11.2. The molecule has 4 rings (SSSR count). The molecule has 5 heteroatoms. The highest BCUT2D eigenvalue weighted by Crippen LogP contribution is 2.24. The van der Waals surface area contributed by atoms with Crippen LogP contribution >= 0.6 is 0 Å². The molecule has 2 saturated carbocycles. The third-order valence-electron chi connectivity index (χ3n) is 7.61. The van der Waals surface area contributed by atoms with E-state index in [1.54, 1.807) is 7.05 Å². The Morgan fingerprint density at radius 3 is 1.51 bits per heavy atom. The smallest absolute Gasteiger partial charge is 0.251 e. The molecule has 2 aliphatic carbocycles. The predicted molar refractivity (Wildman–Crippen MR) is 146 cm³/mol. The lowest BCUT2D eigenvalue weighted by molar-refractivity contribution is 0.0963. The highest BCUT2D eigenvalue weighted by atomic mass is 16.1. The van der Waals surface area contributed by atoms with Crippen LogP contribution in [0.1, 0.15) is 78.4 Å². The van der Waals surface area contributed by atoms with Crippen molar-refractivity contribution < 1.29 is 4.79 Å². The van der Waals surface area contributed by atoms with Crippen molar-refractivity contribution in [1.29, 1.82) is 0 Å². The Bertz CT molecular complexity index is 868. The van der Waals surface area contributed by atoms with Crippen molar-refractivity contribution in [3.63, 3.8) is 0 Å². The summed E-state index contributed by atoms with van der Waals surface area (Å²) in [5.74, 6) is -0.0225. The van der Waals surface area contributed by atoms with Crippen LogP contribution < -0.4 is 10.6 Å². The average molecular weight is 479 g/mol. The molecule has 2 N–H and O–H groups in total. The molecule has 2 aromatic carbocycles. The predicted octanol–water partition coefficient (Wildman–Crippen LogP) is 5.20. The van der Waals surface area contributed by atoms with E-state index >= 15 is 0 Å². The molecule has 0 bridgehead atoms. The van der Waals surface area contributed by atoms with Crippen molar-refractivity contribution in [2.24, 2.45) is 0 Å². The first kappa shape index (κ1) is 27.4. The second kappa shape index (κ2) is 14.4. The van der Waals surface area contributed by atoms with Crippen LogP contribution in [0.5, 0.6) is 0 Å². The first-order chi connectivity index (χ1) is 17.0. The summed E-state index contributed by atoms with van der Waals surface area (Å²) in [5, 5.41) is 5.82. The normalized spacial score (nSPS) is 16.5. The summed E-state index contributed by atoms with van der Waals surface area (Å²) < 4.78 is 0. The zero-order valence-corrected chi connectivity index (χ0v) is 22.4. The molecule has 1 amide bonds. The number of hydrogen-bond donors (Lipinski definition) is 2. The van der Waals surface area contributed by atoms with E-state index in [0.717, 1.165) is 37.3 Å². The number of carbonyl (C=O) groups is 1. The van der Waals surface area contributed by atoms with Gasteiger partial charge in [0.15, 0.2) is 0 Å². The van der Waals surface area contributed by atoms with Gasteiger partial charge in [0.05, 0.1) is 0 Å². The zero-order chi connectivity index (χ0) is 25.0. The number of nitrogens with zero attached hydrogens (tertiary/aromatic N) is 2. The van der Waals surface area contributed by atoms with E-state index in [0.29, 0.717) is 0 Å². The lowest BCUT2D eigenvalue weighted by atomic mass is 10.1. The van der Waals surface area contributed by atoms with Gasteiger partial charge in [-0.05, 0) is 75.6 Å². The molecule has 0 saturated heterocycles. The van der Waals surface area contributed by atoms with E-state index in [2.05, 4.69) is 70.9 Å². The SMILES string of the molecule is CNC(=O)c1ccc(CN(C)C2CCCC2)cc1.CNCc1ccc(CN(C)C2CCCC2)cc1. The molecule has 2 aromatic rings. The summed E-state index contributed by atoms with van der Waals surface area (Å²) in [4.78, 5) is 16.4. The van der Waals surface area contributed by atoms with Gasteiger partial charge in [0.1, 0.15) is 0 Å². The molecule has 0 aromatic heterocycles. The Morgan fingerprint density at radius 2 is 1.11 bits per heavy atom. The summed E-state index contributed by atoms with van der Waals surface area (Å²) in [6.45, 7) is 3.02. The van der Waals surface area contributed by atoms with Crippen LogP contribution in [-0.4, -0.2) is 56.0 Å². The lowest BCUT2D eigenvalue weighted by Crippen LogP contribution is -2.28. The molecular weight excluding hydrogens is 432 g/mol. The fourth-order valence-corrected chi connectivity index (χ4v) is 5.40. The Labute approximate surface area is 213 Å². The molecule has 192 valence electrons. The molecule has 0 unspecified atom stereocenters. The van der Waals surface area contributed by atoms with Gasteiger partial charge in [-0.3, -0.25) is 14.6 Å². The number of hydrogen-bond acceptors (Lipinski definition) is 4. The summed E-state index contributed by atoms with van der Waals surface area (Å²) in [6.07, 6.45) is 11.0. The molecule has 0 aliphatic heterocycles. The van der Waals surface area contributed by atoms with Gasteiger partial charge in [-0.25, -0.2) is 0 Å². The molecule has 2 fully saturated rings. The average Bonchev–Trinajstić information content (AvgIpc) is 3.61. The first-order valence-electron chi connectivity index (χ1n) is 13.4. The first-order valence-corrected chi connectivity index (χ1v) is 13.4. The van der Waals surface area contributed by atoms with E-state index in [4.69, 9.17) is 0 Å². The minimum absolute atomic E-state index is 0.0225. The minimum Gasteiger partial charge on any atom is -0.355 e. The van der Waals surface area contributed by atoms with Gasteiger partial charge in [-0.2, -0.15) is 0 Å². The maximum Gasteiger partial charge on any atom is 0.251 e. The van der Waals surface area contributed by atoms with Crippen LogP contribution in [-0.2, 0) is 19.6 Å². The topological polar surface area (TPSA) is 47.6 Å². The Morgan fingerprint density at radius 1 is 0.714 bits per heavy atom. The third kappa shape index (κ3) is 8.75. The molecule has 0 radical (unpaired) electrons. The number of rotatable bonds is 9. The van der Waals surface area contributed by atoms with Crippen LogP contribution in [0.15, 0.2) is 48.5 Å². The monoisotopic (exact) mass is 478 g/mol. The second-order valence-corrected chi connectivity index (χ2v) is 10.3. The summed E-state index contributed by atoms with van der Waals surface area (Å²) in [5.41, 5.74) is 4.79. The van der Waals surface area contributed by atoms with E-state index in [9.17, 15) is 4.79 Å². The number of amides is 1. The van der Waals surface area contributed by atoms with Crippen LogP contribution in [0, 0.1) is 0 Å². The van der Waals surface area contributed by atoms with Gasteiger partial charge < -0.3 is 10.6 Å². The van der Waals surface area contributed by atoms with Crippen LogP contribution in [0.2, 0.25) is 0 Å². The van der Waals surface area contributed by atoms with Crippen LogP contribution in [0.25, 0.3) is 0 Å². The highest BCUT2D eigenvalue weighted by Gasteiger charge is 2.20. The van der Waals surface area contributed by atoms with E-state index < -0.39 is 0 Å². The van der Waals surface area contributed by atoms with Crippen molar-refractivity contribution in [1.82, 2.24) is 20.4 Å². The number of benzene rings is 2. The van der Waals surface area contributed by atoms with Crippen molar-refractivity contribution in [3.05, 3.63) is 70.8 Å². The summed E-state index contributed by atoms with van der Waals surface area (Å²) in [6, 6.07) is 18.4. The summed E-state index contributed by atoms with van der Waals surface area (Å²) in [7, 11) is 8.10. The maximum absolute atomic E-state index is 11.4. The fourth-order valence-electron chi connectivity index (χ4n) is 5.40. The molecular formula is C30H46N4O. The van der Waals surface area contributed by atoms with Crippen molar-refractivity contribution >= 4 is 5.91 Å². The molecule has 5 nitrogen and oxygen atoms in total.